The normalized spacial score (nSPS) is 12.6. The van der Waals surface area contributed by atoms with Crippen LogP contribution in [0.5, 0.6) is 0 Å². The fourth-order valence-electron chi connectivity index (χ4n) is 3.43. The highest BCUT2D eigenvalue weighted by molar-refractivity contribution is 8.00. The molecule has 0 aliphatic carbocycles. The van der Waals surface area contributed by atoms with Crippen molar-refractivity contribution in [3.8, 4) is 0 Å². The van der Waals surface area contributed by atoms with E-state index in [2.05, 4.69) is 52.8 Å². The molecule has 3 heterocycles. The zero-order valence-electron chi connectivity index (χ0n) is 16.3. The van der Waals surface area contributed by atoms with Crippen LogP contribution in [0.2, 0.25) is 0 Å². The van der Waals surface area contributed by atoms with E-state index in [4.69, 9.17) is 4.42 Å². The molecule has 6 nitrogen and oxygen atoms in total. The van der Waals surface area contributed by atoms with E-state index in [-0.39, 0.29) is 11.2 Å². The number of nitrogens with zero attached hydrogens (tertiary/aromatic N) is 3. The second-order valence-corrected chi connectivity index (χ2v) is 8.35. The van der Waals surface area contributed by atoms with E-state index in [1.807, 2.05) is 19.1 Å². The van der Waals surface area contributed by atoms with Crippen molar-refractivity contribution in [3.05, 3.63) is 59.0 Å². The number of hydrogen-bond donors (Lipinski definition) is 1. The number of carbonyl (C=O) groups is 1. The smallest absolute Gasteiger partial charge is 0.233 e. The first-order valence-corrected chi connectivity index (χ1v) is 10.0. The van der Waals surface area contributed by atoms with Crippen LogP contribution in [0.1, 0.15) is 29.4 Å². The first-order chi connectivity index (χ1) is 13.4. The third kappa shape index (κ3) is 3.38. The van der Waals surface area contributed by atoms with Gasteiger partial charge in [0.25, 0.3) is 0 Å². The average Bonchev–Trinajstić information content (AvgIpc) is 3.30. The minimum atomic E-state index is -0.315. The Kier molecular flexibility index (Phi) is 4.85. The van der Waals surface area contributed by atoms with Crippen LogP contribution in [-0.2, 0) is 11.3 Å². The Labute approximate surface area is 167 Å². The molecule has 144 valence electrons. The number of rotatable bonds is 5. The number of amides is 1. The standard InChI is InChI=1S/C21H22N4O2S/c1-12-8-14(3)19-17(9-12)13(2)10-18-23-24-21(25(18)19)28-15(4)20(26)22-11-16-6-5-7-27-16/h5-10,15H,11H2,1-4H3,(H,22,26). The van der Waals surface area contributed by atoms with Crippen LogP contribution in [0.15, 0.2) is 46.2 Å². The number of nitrogens with one attached hydrogen (secondary N) is 1. The lowest BCUT2D eigenvalue weighted by molar-refractivity contribution is -0.120. The zero-order chi connectivity index (χ0) is 19.8. The summed E-state index contributed by atoms with van der Waals surface area (Å²) in [6.07, 6.45) is 1.60. The van der Waals surface area contributed by atoms with Crippen LogP contribution < -0.4 is 5.32 Å². The van der Waals surface area contributed by atoms with Gasteiger partial charge in [-0.25, -0.2) is 0 Å². The van der Waals surface area contributed by atoms with E-state index in [1.165, 1.54) is 33.8 Å². The molecule has 0 spiro atoms. The molecule has 4 aromatic rings. The average molecular weight is 395 g/mol. The number of aryl methyl sites for hydroxylation is 3. The Balaban J connectivity index is 1.65. The maximum atomic E-state index is 12.5. The molecule has 0 aliphatic heterocycles. The van der Waals surface area contributed by atoms with Crippen molar-refractivity contribution >= 4 is 34.2 Å². The van der Waals surface area contributed by atoms with Crippen LogP contribution in [0.25, 0.3) is 16.6 Å². The molecular weight excluding hydrogens is 372 g/mol. The van der Waals surface area contributed by atoms with Gasteiger partial charge >= 0.3 is 0 Å². The SMILES string of the molecule is Cc1cc(C)c2c(c1)c(C)cc1nnc(SC(C)C(=O)NCc3ccco3)n12. The number of aromatic nitrogens is 3. The molecule has 0 fully saturated rings. The van der Waals surface area contributed by atoms with Gasteiger partial charge in [-0.15, -0.1) is 10.2 Å². The van der Waals surface area contributed by atoms with Crippen molar-refractivity contribution in [1.82, 2.24) is 19.9 Å². The topological polar surface area (TPSA) is 72.4 Å². The molecule has 0 radical (unpaired) electrons. The second-order valence-electron chi connectivity index (χ2n) is 7.04. The van der Waals surface area contributed by atoms with Crippen LogP contribution in [-0.4, -0.2) is 25.8 Å². The van der Waals surface area contributed by atoms with Gasteiger partial charge in [-0.1, -0.05) is 23.4 Å². The van der Waals surface area contributed by atoms with E-state index >= 15 is 0 Å². The van der Waals surface area contributed by atoms with Gasteiger partial charge in [0.1, 0.15) is 5.76 Å². The van der Waals surface area contributed by atoms with E-state index < -0.39 is 0 Å². The second kappa shape index (κ2) is 7.31. The molecule has 0 aliphatic rings. The molecular formula is C21H22N4O2S. The van der Waals surface area contributed by atoms with Gasteiger partial charge in [-0.2, -0.15) is 0 Å². The van der Waals surface area contributed by atoms with Crippen LogP contribution in [0.3, 0.4) is 0 Å². The van der Waals surface area contributed by atoms with E-state index in [9.17, 15) is 4.79 Å². The number of fused-ring (bicyclic) bond motifs is 3. The number of furan rings is 1. The van der Waals surface area contributed by atoms with Crippen molar-refractivity contribution in [1.29, 1.82) is 0 Å². The van der Waals surface area contributed by atoms with Crippen LogP contribution in [0, 0.1) is 20.8 Å². The fraction of sp³-hybridized carbons (Fsp3) is 0.286. The predicted octanol–water partition coefficient (Wildman–Crippen LogP) is 4.20. The molecule has 0 saturated carbocycles. The summed E-state index contributed by atoms with van der Waals surface area (Å²) in [6, 6.07) is 10.0. The quantitative estimate of drug-likeness (QED) is 0.514. The molecule has 3 aromatic heterocycles. The Morgan fingerprint density at radius 2 is 2.04 bits per heavy atom. The Morgan fingerprint density at radius 3 is 2.79 bits per heavy atom. The molecule has 1 N–H and O–H groups in total. The Hall–Kier alpha value is -2.80. The first-order valence-electron chi connectivity index (χ1n) is 9.16. The monoisotopic (exact) mass is 394 g/mol. The number of hydrogen-bond acceptors (Lipinski definition) is 5. The summed E-state index contributed by atoms with van der Waals surface area (Å²) >= 11 is 1.41. The van der Waals surface area contributed by atoms with Crippen molar-refractivity contribution in [3.63, 3.8) is 0 Å². The summed E-state index contributed by atoms with van der Waals surface area (Å²) in [5.41, 5.74) is 5.45. The third-order valence-electron chi connectivity index (χ3n) is 4.77. The highest BCUT2D eigenvalue weighted by Gasteiger charge is 2.20. The van der Waals surface area contributed by atoms with Gasteiger partial charge in [0, 0.05) is 5.39 Å². The summed E-state index contributed by atoms with van der Waals surface area (Å²) < 4.78 is 7.32. The molecule has 1 aromatic carbocycles. The van der Waals surface area contributed by atoms with Crippen molar-refractivity contribution in [2.24, 2.45) is 0 Å². The van der Waals surface area contributed by atoms with Gasteiger partial charge in [0.05, 0.1) is 23.6 Å². The fourth-order valence-corrected chi connectivity index (χ4v) is 4.32. The summed E-state index contributed by atoms with van der Waals surface area (Å²) in [7, 11) is 0. The summed E-state index contributed by atoms with van der Waals surface area (Å²) in [5.74, 6) is 0.660. The third-order valence-corrected chi connectivity index (χ3v) is 5.81. The summed E-state index contributed by atoms with van der Waals surface area (Å²) in [6.45, 7) is 8.54. The first kappa shape index (κ1) is 18.6. The van der Waals surface area contributed by atoms with Crippen molar-refractivity contribution in [2.45, 2.75) is 44.6 Å². The lowest BCUT2D eigenvalue weighted by atomic mass is 10.0. The molecule has 4 rings (SSSR count). The predicted molar refractivity (Wildman–Crippen MR) is 111 cm³/mol. The van der Waals surface area contributed by atoms with E-state index in [0.29, 0.717) is 11.7 Å². The van der Waals surface area contributed by atoms with Crippen LogP contribution >= 0.6 is 11.8 Å². The molecule has 28 heavy (non-hydrogen) atoms. The maximum absolute atomic E-state index is 12.5. The number of benzene rings is 1. The summed E-state index contributed by atoms with van der Waals surface area (Å²) in [5, 5.41) is 13.2. The molecule has 1 atom stereocenters. The van der Waals surface area contributed by atoms with Gasteiger partial charge in [0.2, 0.25) is 5.91 Å². The van der Waals surface area contributed by atoms with Crippen LogP contribution in [0.4, 0.5) is 0 Å². The number of carbonyl (C=O) groups excluding carboxylic acids is 1. The highest BCUT2D eigenvalue weighted by atomic mass is 32.2. The highest BCUT2D eigenvalue weighted by Crippen LogP contribution is 2.30. The van der Waals surface area contributed by atoms with Crippen molar-refractivity contribution < 1.29 is 9.21 Å². The van der Waals surface area contributed by atoms with Gasteiger partial charge < -0.3 is 9.73 Å². The Bertz CT molecular complexity index is 1160. The van der Waals surface area contributed by atoms with Gasteiger partial charge in [-0.3, -0.25) is 9.20 Å². The number of thioether (sulfide) groups is 1. The lowest BCUT2D eigenvalue weighted by Gasteiger charge is -2.13. The minimum absolute atomic E-state index is 0.0675. The largest absolute Gasteiger partial charge is 0.467 e. The molecule has 7 heteroatoms. The molecule has 0 bridgehead atoms. The Morgan fingerprint density at radius 1 is 1.21 bits per heavy atom. The lowest BCUT2D eigenvalue weighted by Crippen LogP contribution is -2.30. The van der Waals surface area contributed by atoms with Gasteiger partial charge in [-0.05, 0) is 63.1 Å². The maximum Gasteiger partial charge on any atom is 0.233 e. The number of pyridine rings is 1. The zero-order valence-corrected chi connectivity index (χ0v) is 17.1. The van der Waals surface area contributed by atoms with E-state index in [0.717, 1.165) is 16.9 Å². The molecule has 1 amide bonds. The minimum Gasteiger partial charge on any atom is -0.467 e. The molecule has 1 unspecified atom stereocenters. The van der Waals surface area contributed by atoms with Gasteiger partial charge in [0.15, 0.2) is 10.8 Å². The molecule has 0 saturated heterocycles. The van der Waals surface area contributed by atoms with E-state index in [1.54, 1.807) is 12.3 Å². The van der Waals surface area contributed by atoms with Crippen molar-refractivity contribution in [2.75, 3.05) is 0 Å². The summed E-state index contributed by atoms with van der Waals surface area (Å²) in [4.78, 5) is 12.5.